The second-order valence-electron chi connectivity index (χ2n) is 9.81. The summed E-state index contributed by atoms with van der Waals surface area (Å²) in [5.41, 5.74) is 5.27. The number of nitrogens with zero attached hydrogens (tertiary/aromatic N) is 3. The Balaban J connectivity index is 1.48. The fourth-order valence-electron chi connectivity index (χ4n) is 4.70. The van der Waals surface area contributed by atoms with Gasteiger partial charge in [0.05, 0.1) is 23.7 Å². The lowest BCUT2D eigenvalue weighted by Gasteiger charge is -2.16. The molecule has 0 spiro atoms. The van der Waals surface area contributed by atoms with E-state index in [2.05, 4.69) is 33.3 Å². The summed E-state index contributed by atoms with van der Waals surface area (Å²) in [5, 5.41) is 3.13. The number of carbonyl (C=O) groups excluding carboxylic acids is 2. The van der Waals surface area contributed by atoms with E-state index in [-0.39, 0.29) is 23.8 Å². The number of hydrogen-bond acceptors (Lipinski definition) is 5. The van der Waals surface area contributed by atoms with Crippen LogP contribution in [0.15, 0.2) is 24.5 Å². The van der Waals surface area contributed by atoms with Gasteiger partial charge < -0.3 is 19.9 Å². The van der Waals surface area contributed by atoms with Crippen molar-refractivity contribution < 1.29 is 14.3 Å². The van der Waals surface area contributed by atoms with Gasteiger partial charge in [-0.3, -0.25) is 9.59 Å². The maximum Gasteiger partial charge on any atom is 0.255 e. The van der Waals surface area contributed by atoms with Gasteiger partial charge in [-0.05, 0) is 50.7 Å². The van der Waals surface area contributed by atoms with Gasteiger partial charge in [-0.25, -0.2) is 9.97 Å². The van der Waals surface area contributed by atoms with E-state index < -0.39 is 0 Å². The van der Waals surface area contributed by atoms with Crippen molar-refractivity contribution in [3.63, 3.8) is 0 Å². The van der Waals surface area contributed by atoms with E-state index in [1.807, 2.05) is 26.0 Å². The number of ether oxygens (including phenoxy) is 1. The van der Waals surface area contributed by atoms with Gasteiger partial charge in [0, 0.05) is 31.3 Å². The van der Waals surface area contributed by atoms with Crippen molar-refractivity contribution in [2.45, 2.75) is 46.6 Å². The van der Waals surface area contributed by atoms with E-state index in [9.17, 15) is 9.59 Å². The average Bonchev–Trinajstić information content (AvgIpc) is 3.46. The molecule has 3 aromatic rings. The number of likely N-dealkylation sites (tertiary alicyclic amines) is 1. The molecule has 2 N–H and O–H groups in total. The van der Waals surface area contributed by atoms with Crippen LogP contribution in [-0.4, -0.2) is 57.4 Å². The predicted octanol–water partition coefficient (Wildman–Crippen LogP) is 3.63. The number of carbonyl (C=O) groups is 2. The first-order valence-corrected chi connectivity index (χ1v) is 11.9. The molecule has 2 amide bonds. The second-order valence-corrected chi connectivity index (χ2v) is 9.81. The summed E-state index contributed by atoms with van der Waals surface area (Å²) in [6, 6.07) is 6.00. The summed E-state index contributed by atoms with van der Waals surface area (Å²) in [7, 11) is 0. The lowest BCUT2D eigenvalue weighted by Crippen LogP contribution is -2.40. The molecule has 2 fully saturated rings. The number of nitrogens with one attached hydrogen (secondary N) is 2. The summed E-state index contributed by atoms with van der Waals surface area (Å²) in [6.07, 6.45) is 3.94. The van der Waals surface area contributed by atoms with Crippen LogP contribution in [0.2, 0.25) is 0 Å². The monoisotopic (exact) mass is 461 g/mol. The van der Waals surface area contributed by atoms with Gasteiger partial charge in [-0.15, -0.1) is 0 Å². The van der Waals surface area contributed by atoms with E-state index >= 15 is 0 Å². The quantitative estimate of drug-likeness (QED) is 0.584. The topological polar surface area (TPSA) is 100 Å². The highest BCUT2D eigenvalue weighted by Crippen LogP contribution is 2.37. The average molecular weight is 462 g/mol. The zero-order valence-corrected chi connectivity index (χ0v) is 20.1. The van der Waals surface area contributed by atoms with Gasteiger partial charge in [0.15, 0.2) is 0 Å². The van der Waals surface area contributed by atoms with Crippen LogP contribution in [0.3, 0.4) is 0 Å². The van der Waals surface area contributed by atoms with Crippen LogP contribution in [0, 0.1) is 25.7 Å². The summed E-state index contributed by atoms with van der Waals surface area (Å²) in [4.78, 5) is 39.3. The zero-order valence-electron chi connectivity index (χ0n) is 20.1. The number of aromatic nitrogens is 3. The molecule has 0 radical (unpaired) electrons. The Bertz CT molecular complexity index is 1260. The smallest absolute Gasteiger partial charge is 0.255 e. The Labute approximate surface area is 199 Å². The number of fused-ring (bicyclic) bond motifs is 1. The van der Waals surface area contributed by atoms with Gasteiger partial charge in [-0.1, -0.05) is 18.6 Å². The van der Waals surface area contributed by atoms with E-state index in [1.54, 1.807) is 11.8 Å². The molecule has 0 bridgehead atoms. The molecule has 8 heteroatoms. The van der Waals surface area contributed by atoms with Crippen molar-refractivity contribution >= 4 is 22.8 Å². The SMILES string of the molecule is CC(=O)N1C[C@@H](C)[C@H](NC(=O)c2c(C)[nH]c3c(-c4cc(C)ccc4OCC4CC4)ncnc23)C1. The fourth-order valence-corrected chi connectivity index (χ4v) is 4.70. The van der Waals surface area contributed by atoms with Crippen LogP contribution >= 0.6 is 0 Å². The van der Waals surface area contributed by atoms with Crippen molar-refractivity contribution in [3.8, 4) is 17.0 Å². The Kier molecular flexibility index (Phi) is 5.75. The van der Waals surface area contributed by atoms with E-state index in [4.69, 9.17) is 4.74 Å². The van der Waals surface area contributed by atoms with E-state index in [1.165, 1.54) is 19.2 Å². The highest BCUT2D eigenvalue weighted by atomic mass is 16.5. The van der Waals surface area contributed by atoms with E-state index in [0.29, 0.717) is 36.7 Å². The maximum absolute atomic E-state index is 13.4. The van der Waals surface area contributed by atoms with Gasteiger partial charge in [0.25, 0.3) is 5.91 Å². The number of benzene rings is 1. The van der Waals surface area contributed by atoms with Crippen molar-refractivity contribution in [2.75, 3.05) is 19.7 Å². The van der Waals surface area contributed by atoms with Crippen LogP contribution < -0.4 is 10.1 Å². The minimum absolute atomic E-state index is 0.0297. The Morgan fingerprint density at radius 3 is 2.71 bits per heavy atom. The van der Waals surface area contributed by atoms with E-state index in [0.717, 1.165) is 33.8 Å². The first kappa shape index (κ1) is 22.4. The van der Waals surface area contributed by atoms with Crippen LogP contribution in [0.4, 0.5) is 0 Å². The maximum atomic E-state index is 13.4. The molecule has 1 aliphatic heterocycles. The molecule has 2 aliphatic rings. The van der Waals surface area contributed by atoms with Gasteiger partial charge in [0.2, 0.25) is 5.91 Å². The highest BCUT2D eigenvalue weighted by Gasteiger charge is 2.33. The highest BCUT2D eigenvalue weighted by molar-refractivity contribution is 6.09. The normalized spacial score (nSPS) is 20.1. The lowest BCUT2D eigenvalue weighted by molar-refractivity contribution is -0.127. The lowest BCUT2D eigenvalue weighted by atomic mass is 10.0. The first-order chi connectivity index (χ1) is 16.3. The standard InChI is InChI=1S/C26H31N5O3/c1-14-5-8-21(34-12-18-6-7-18)19(9-14)23-25-24(28-13-27-23)22(16(3)29-25)26(33)30-20-11-31(17(4)32)10-15(20)2/h5,8-9,13,15,18,20,29H,6-7,10-12H2,1-4H3,(H,30,33)/t15-,20-/m1/s1. The van der Waals surface area contributed by atoms with Crippen molar-refractivity contribution in [3.05, 3.63) is 41.3 Å². The number of aromatic amines is 1. The summed E-state index contributed by atoms with van der Waals surface area (Å²) < 4.78 is 6.15. The summed E-state index contributed by atoms with van der Waals surface area (Å²) >= 11 is 0. The summed E-state index contributed by atoms with van der Waals surface area (Å²) in [6.45, 7) is 9.41. The second kappa shape index (κ2) is 8.74. The first-order valence-electron chi connectivity index (χ1n) is 11.9. The molecule has 0 unspecified atom stereocenters. The van der Waals surface area contributed by atoms with Crippen molar-refractivity contribution in [2.24, 2.45) is 11.8 Å². The molecule has 1 aliphatic carbocycles. The Morgan fingerprint density at radius 2 is 2.00 bits per heavy atom. The number of H-pyrrole nitrogens is 1. The van der Waals surface area contributed by atoms with Crippen LogP contribution in [-0.2, 0) is 4.79 Å². The van der Waals surface area contributed by atoms with Gasteiger partial charge in [-0.2, -0.15) is 0 Å². The molecule has 3 heterocycles. The van der Waals surface area contributed by atoms with Crippen LogP contribution in [0.1, 0.15) is 48.3 Å². The van der Waals surface area contributed by atoms with Crippen LogP contribution in [0.5, 0.6) is 5.75 Å². The zero-order chi connectivity index (χ0) is 24.0. The fraction of sp³-hybridized carbons (Fsp3) is 0.462. The number of amides is 2. The third-order valence-electron chi connectivity index (χ3n) is 6.93. The van der Waals surface area contributed by atoms with Gasteiger partial charge in [0.1, 0.15) is 23.3 Å². The Hall–Kier alpha value is -3.42. The number of aryl methyl sites for hydroxylation is 2. The molecule has 34 heavy (non-hydrogen) atoms. The third kappa shape index (κ3) is 4.24. The van der Waals surface area contributed by atoms with Gasteiger partial charge >= 0.3 is 0 Å². The Morgan fingerprint density at radius 1 is 1.21 bits per heavy atom. The molecular weight excluding hydrogens is 430 g/mol. The van der Waals surface area contributed by atoms with Crippen molar-refractivity contribution in [1.82, 2.24) is 25.2 Å². The molecule has 2 aromatic heterocycles. The molecule has 1 saturated carbocycles. The molecular formula is C26H31N5O3. The molecule has 2 atom stereocenters. The number of hydrogen-bond donors (Lipinski definition) is 2. The van der Waals surface area contributed by atoms with Crippen LogP contribution in [0.25, 0.3) is 22.3 Å². The molecule has 1 saturated heterocycles. The molecule has 178 valence electrons. The van der Waals surface area contributed by atoms with Crippen molar-refractivity contribution in [1.29, 1.82) is 0 Å². The predicted molar refractivity (Wildman–Crippen MR) is 130 cm³/mol. The summed E-state index contributed by atoms with van der Waals surface area (Å²) in [5.74, 6) is 1.45. The minimum Gasteiger partial charge on any atom is -0.493 e. The molecule has 1 aromatic carbocycles. The molecule has 5 rings (SSSR count). The largest absolute Gasteiger partial charge is 0.493 e. The number of rotatable bonds is 6. The minimum atomic E-state index is -0.190. The molecule has 8 nitrogen and oxygen atoms in total. The third-order valence-corrected chi connectivity index (χ3v) is 6.93.